The van der Waals surface area contributed by atoms with E-state index < -0.39 is 35.8 Å². The van der Waals surface area contributed by atoms with Crippen LogP contribution in [0.4, 0.5) is 11.4 Å². The van der Waals surface area contributed by atoms with E-state index in [0.717, 1.165) is 21.2 Å². The van der Waals surface area contributed by atoms with Crippen LogP contribution in [0.3, 0.4) is 0 Å². The Morgan fingerprint density at radius 1 is 1.03 bits per heavy atom. The number of anilines is 2. The highest BCUT2D eigenvalue weighted by Gasteiger charge is 2.20. The fourth-order valence-corrected chi connectivity index (χ4v) is 5.07. The molecular formula is C24H19N2O6S2-. The highest BCUT2D eigenvalue weighted by Crippen LogP contribution is 2.38. The highest BCUT2D eigenvalue weighted by atomic mass is 32.2. The van der Waals surface area contributed by atoms with Crippen LogP contribution in [0, 0.1) is 0 Å². The van der Waals surface area contributed by atoms with Crippen molar-refractivity contribution in [3.63, 3.8) is 0 Å². The third kappa shape index (κ3) is 4.85. The van der Waals surface area contributed by atoms with E-state index in [0.29, 0.717) is 11.4 Å². The summed E-state index contributed by atoms with van der Waals surface area (Å²) in [6.07, 6.45) is 0. The van der Waals surface area contributed by atoms with Gasteiger partial charge in [-0.05, 0) is 41.5 Å². The molecular weight excluding hydrogens is 476 g/mol. The van der Waals surface area contributed by atoms with E-state index in [1.807, 2.05) is 30.3 Å². The van der Waals surface area contributed by atoms with E-state index in [-0.39, 0.29) is 5.56 Å². The molecule has 0 fully saturated rings. The molecule has 10 heteroatoms. The Labute approximate surface area is 201 Å². The van der Waals surface area contributed by atoms with Gasteiger partial charge in [-0.3, -0.25) is 13.3 Å². The molecule has 2 unspecified atom stereocenters. The number of aliphatic hydroxyl groups is 1. The largest absolute Gasteiger partial charge is 0.755 e. The molecule has 0 saturated heterocycles. The summed E-state index contributed by atoms with van der Waals surface area (Å²) in [5.74, 6) is -1.96. The average Bonchev–Trinajstić information content (AvgIpc) is 3.26. The molecule has 0 aliphatic heterocycles. The molecule has 3 N–H and O–H groups in total. The topological polar surface area (TPSA) is 130 Å². The molecule has 0 spiro atoms. The van der Waals surface area contributed by atoms with Crippen LogP contribution in [0.5, 0.6) is 0 Å². The predicted molar refractivity (Wildman–Crippen MR) is 131 cm³/mol. The molecule has 1 aromatic heterocycles. The summed E-state index contributed by atoms with van der Waals surface area (Å²) in [5.41, 5.74) is 2.73. The summed E-state index contributed by atoms with van der Waals surface area (Å²) in [4.78, 5) is 23.3. The first-order chi connectivity index (χ1) is 16.4. The number of nitrogens with one attached hydrogen (secondary N) is 1. The summed E-state index contributed by atoms with van der Waals surface area (Å²) in [5, 5.41) is 22.9. The van der Waals surface area contributed by atoms with Crippen molar-refractivity contribution in [3.05, 3.63) is 83.7 Å². The summed E-state index contributed by atoms with van der Waals surface area (Å²) < 4.78 is 26.6. The van der Waals surface area contributed by atoms with Crippen molar-refractivity contribution < 1.29 is 28.6 Å². The Morgan fingerprint density at radius 3 is 2.44 bits per heavy atom. The van der Waals surface area contributed by atoms with Gasteiger partial charge < -0.3 is 20.1 Å². The Balaban J connectivity index is 1.62. The molecule has 4 rings (SSSR count). The minimum Gasteiger partial charge on any atom is -0.755 e. The number of nitrogens with zero attached hydrogens (tertiary/aromatic N) is 1. The lowest BCUT2D eigenvalue weighted by atomic mass is 10.0. The number of benzene rings is 3. The maximum Gasteiger partial charge on any atom is 0.328 e. The smallest absolute Gasteiger partial charge is 0.328 e. The van der Waals surface area contributed by atoms with E-state index in [2.05, 4.69) is 5.32 Å². The van der Waals surface area contributed by atoms with E-state index in [9.17, 15) is 18.4 Å². The monoisotopic (exact) mass is 495 g/mol. The van der Waals surface area contributed by atoms with Crippen LogP contribution < -0.4 is 9.62 Å². The molecule has 0 saturated carbocycles. The lowest BCUT2D eigenvalue weighted by Gasteiger charge is -2.26. The van der Waals surface area contributed by atoms with Gasteiger partial charge in [-0.15, -0.1) is 11.3 Å². The first kappa shape index (κ1) is 23.6. The van der Waals surface area contributed by atoms with E-state index in [4.69, 9.17) is 10.2 Å². The number of fused-ring (bicyclic) bond motifs is 1. The third-order valence-corrected chi connectivity index (χ3v) is 6.83. The van der Waals surface area contributed by atoms with Crippen LogP contribution in [0.1, 0.15) is 10.4 Å². The van der Waals surface area contributed by atoms with Gasteiger partial charge in [0.2, 0.25) is 0 Å². The normalized spacial score (nSPS) is 12.8. The number of carbonyl (C=O) groups is 2. The van der Waals surface area contributed by atoms with Crippen molar-refractivity contribution in [1.82, 2.24) is 5.32 Å². The van der Waals surface area contributed by atoms with Crippen LogP contribution in [0.25, 0.3) is 21.2 Å². The van der Waals surface area contributed by atoms with Crippen LogP contribution in [-0.2, 0) is 16.1 Å². The summed E-state index contributed by atoms with van der Waals surface area (Å²) in [6.45, 7) is -0.719. The Kier molecular flexibility index (Phi) is 7.03. The quantitative estimate of drug-likeness (QED) is 0.320. The summed E-state index contributed by atoms with van der Waals surface area (Å²) in [7, 11) is 0. The maximum absolute atomic E-state index is 12.3. The summed E-state index contributed by atoms with van der Waals surface area (Å²) >= 11 is -1.09. The fraction of sp³-hybridized carbons (Fsp3) is 0.0833. The Hall–Kier alpha value is -3.57. The van der Waals surface area contributed by atoms with Crippen molar-refractivity contribution in [1.29, 1.82) is 0 Å². The molecule has 1 amide bonds. The van der Waals surface area contributed by atoms with Gasteiger partial charge >= 0.3 is 5.97 Å². The Morgan fingerprint density at radius 2 is 1.76 bits per heavy atom. The van der Waals surface area contributed by atoms with E-state index in [1.165, 1.54) is 27.8 Å². The molecule has 8 nitrogen and oxygen atoms in total. The minimum atomic E-state index is -2.56. The number of hydrogen-bond acceptors (Lipinski definition) is 6. The van der Waals surface area contributed by atoms with Crippen LogP contribution in [-0.4, -0.2) is 43.5 Å². The minimum absolute atomic E-state index is 0.228. The first-order valence-electron chi connectivity index (χ1n) is 10.1. The molecule has 2 atom stereocenters. The first-order valence-corrected chi connectivity index (χ1v) is 12.0. The predicted octanol–water partition coefficient (Wildman–Crippen LogP) is 3.68. The lowest BCUT2D eigenvalue weighted by Crippen LogP contribution is -2.43. The zero-order valence-electron chi connectivity index (χ0n) is 17.6. The van der Waals surface area contributed by atoms with Crippen molar-refractivity contribution in [3.8, 4) is 11.1 Å². The number of aliphatic carboxylic acids is 1. The van der Waals surface area contributed by atoms with Gasteiger partial charge in [0, 0.05) is 21.0 Å². The standard InChI is InChI=1S/C24H20N2O6S2/c27-13-20(24(29)30)25-23(28)16-10-8-15(9-11-16)17-4-3-5-18(12-17)26(34(31)32)21-14-33-22-7-2-1-6-19(21)22/h1-12,14,20,27H,13H2,(H,25,28)(H,29,30)(H,31,32)/p-1. The maximum atomic E-state index is 12.3. The number of carbonyl (C=O) groups excluding carboxylic acids is 1. The number of carboxylic acids is 1. The van der Waals surface area contributed by atoms with Gasteiger partial charge in [-0.25, -0.2) is 4.79 Å². The van der Waals surface area contributed by atoms with Crippen molar-refractivity contribution in [2.45, 2.75) is 6.04 Å². The van der Waals surface area contributed by atoms with Gasteiger partial charge in [-0.2, -0.15) is 0 Å². The molecule has 174 valence electrons. The van der Waals surface area contributed by atoms with Gasteiger partial charge in [0.1, 0.15) is 0 Å². The lowest BCUT2D eigenvalue weighted by molar-refractivity contribution is -0.140. The molecule has 0 radical (unpaired) electrons. The number of carboxylic acid groups (broad SMARTS) is 1. The second kappa shape index (κ2) is 10.1. The number of thiophene rings is 1. The van der Waals surface area contributed by atoms with Crippen molar-refractivity contribution in [2.75, 3.05) is 10.9 Å². The van der Waals surface area contributed by atoms with E-state index in [1.54, 1.807) is 35.7 Å². The van der Waals surface area contributed by atoms with Crippen molar-refractivity contribution >= 4 is 55.9 Å². The Bertz CT molecular complexity index is 1370. The molecule has 4 aromatic rings. The highest BCUT2D eigenvalue weighted by molar-refractivity contribution is 7.81. The van der Waals surface area contributed by atoms with Crippen molar-refractivity contribution in [2.24, 2.45) is 0 Å². The molecule has 0 aliphatic carbocycles. The van der Waals surface area contributed by atoms with Crippen LogP contribution in [0.2, 0.25) is 0 Å². The number of amides is 1. The zero-order chi connectivity index (χ0) is 24.2. The second-order valence-corrected chi connectivity index (χ2v) is 9.01. The van der Waals surface area contributed by atoms with Gasteiger partial charge in [-0.1, -0.05) is 42.5 Å². The van der Waals surface area contributed by atoms with Gasteiger partial charge in [0.15, 0.2) is 6.04 Å². The van der Waals surface area contributed by atoms with Crippen LogP contribution >= 0.6 is 11.3 Å². The molecule has 3 aromatic carbocycles. The number of aliphatic hydroxyl groups excluding tert-OH is 1. The molecule has 1 heterocycles. The average molecular weight is 496 g/mol. The molecule has 0 aliphatic rings. The third-order valence-electron chi connectivity index (χ3n) is 5.18. The number of rotatable bonds is 8. The van der Waals surface area contributed by atoms with Gasteiger partial charge in [0.25, 0.3) is 5.91 Å². The molecule has 0 bridgehead atoms. The van der Waals surface area contributed by atoms with Gasteiger partial charge in [0.05, 0.1) is 29.2 Å². The van der Waals surface area contributed by atoms with Crippen LogP contribution in [0.15, 0.2) is 78.2 Å². The molecule has 34 heavy (non-hydrogen) atoms. The fourth-order valence-electron chi connectivity index (χ4n) is 3.48. The zero-order valence-corrected chi connectivity index (χ0v) is 19.2. The van der Waals surface area contributed by atoms with E-state index >= 15 is 0 Å². The SMILES string of the molecule is O=C(NC(CO)C(=O)O)c1ccc(-c2cccc(N(c3csc4ccccc34)S(=O)[O-])c2)cc1. The summed E-state index contributed by atoms with van der Waals surface area (Å²) in [6, 6.07) is 19.6. The second-order valence-electron chi connectivity index (χ2n) is 7.30. The number of hydrogen-bond donors (Lipinski definition) is 3.